The zero-order chi connectivity index (χ0) is 12.3. The van der Waals surface area contributed by atoms with E-state index in [0.29, 0.717) is 0 Å². The van der Waals surface area contributed by atoms with Crippen LogP contribution in [0.5, 0.6) is 0 Å². The normalized spacial score (nSPS) is 12.1. The number of nitrogens with zero attached hydrogens (tertiary/aromatic N) is 1. The number of hydrogen-bond donors (Lipinski definition) is 1. The summed E-state index contributed by atoms with van der Waals surface area (Å²) in [5.74, 6) is -0.141. The second kappa shape index (κ2) is 5.57. The van der Waals surface area contributed by atoms with Crippen LogP contribution in [0.15, 0.2) is 6.07 Å². The Labute approximate surface area is 108 Å². The molecule has 0 saturated heterocycles. The largest absolute Gasteiger partial charge is 0.467 e. The summed E-state index contributed by atoms with van der Waals surface area (Å²) in [5, 5.41) is 3.42. The molecule has 0 saturated carbocycles. The van der Waals surface area contributed by atoms with Crippen LogP contribution in [-0.4, -0.2) is 24.1 Å². The number of carbonyl (C=O) groups is 1. The molecule has 0 radical (unpaired) electrons. The molecule has 16 heavy (non-hydrogen) atoms. The number of esters is 1. The highest BCUT2D eigenvalue weighted by atomic mass is 35.5. The third kappa shape index (κ3) is 3.14. The van der Waals surface area contributed by atoms with Gasteiger partial charge in [-0.25, -0.2) is 9.78 Å². The van der Waals surface area contributed by atoms with Crippen LogP contribution in [0.3, 0.4) is 0 Å². The first kappa shape index (κ1) is 13.4. The quantitative estimate of drug-likeness (QED) is 0.684. The van der Waals surface area contributed by atoms with E-state index < -0.39 is 12.0 Å². The highest BCUT2D eigenvalue weighted by Gasteiger charge is 2.16. The van der Waals surface area contributed by atoms with E-state index >= 15 is 0 Å². The lowest BCUT2D eigenvalue weighted by Gasteiger charge is -2.13. The molecule has 1 unspecified atom stereocenters. The molecule has 0 aliphatic rings. The van der Waals surface area contributed by atoms with Crippen LogP contribution in [0.2, 0.25) is 15.2 Å². The van der Waals surface area contributed by atoms with Crippen LogP contribution in [0, 0.1) is 0 Å². The first-order valence-corrected chi connectivity index (χ1v) is 5.45. The van der Waals surface area contributed by atoms with Crippen molar-refractivity contribution in [2.45, 2.75) is 13.0 Å². The van der Waals surface area contributed by atoms with Gasteiger partial charge in [0.05, 0.1) is 17.2 Å². The van der Waals surface area contributed by atoms with Gasteiger partial charge in [-0.2, -0.15) is 0 Å². The first-order valence-electron chi connectivity index (χ1n) is 4.31. The molecule has 1 heterocycles. The van der Waals surface area contributed by atoms with Crippen LogP contribution in [0.4, 0.5) is 5.82 Å². The Bertz CT molecular complexity index is 412. The van der Waals surface area contributed by atoms with E-state index in [2.05, 4.69) is 15.0 Å². The van der Waals surface area contributed by atoms with Gasteiger partial charge in [0, 0.05) is 0 Å². The molecule has 0 spiro atoms. The Hall–Kier alpha value is -0.710. The van der Waals surface area contributed by atoms with Crippen LogP contribution in [0.25, 0.3) is 0 Å². The predicted octanol–water partition coefficient (Wildman–Crippen LogP) is 3.02. The van der Waals surface area contributed by atoms with E-state index in [1.165, 1.54) is 13.2 Å². The standard InChI is InChI=1S/C9H9Cl3N2O2/c1-4(9(15)16-2)13-8-6(11)3-5(10)7(12)14-8/h3-4H,1-2H3,(H,13,14). The van der Waals surface area contributed by atoms with Gasteiger partial charge < -0.3 is 10.1 Å². The fourth-order valence-electron chi connectivity index (χ4n) is 0.986. The molecular weight excluding hydrogens is 274 g/mol. The molecule has 1 atom stereocenters. The Balaban J connectivity index is 2.89. The van der Waals surface area contributed by atoms with Gasteiger partial charge in [0.15, 0.2) is 0 Å². The Morgan fingerprint density at radius 3 is 2.62 bits per heavy atom. The summed E-state index contributed by atoms with van der Waals surface area (Å²) in [6.45, 7) is 1.62. The van der Waals surface area contributed by atoms with Gasteiger partial charge >= 0.3 is 5.97 Å². The molecule has 1 aromatic rings. The van der Waals surface area contributed by atoms with Gasteiger partial charge in [-0.3, -0.25) is 0 Å². The number of carbonyl (C=O) groups excluding carboxylic acids is 1. The lowest BCUT2D eigenvalue weighted by Crippen LogP contribution is -2.27. The summed E-state index contributed by atoms with van der Waals surface area (Å²) in [7, 11) is 1.30. The number of hydrogen-bond acceptors (Lipinski definition) is 4. The number of aromatic nitrogens is 1. The van der Waals surface area contributed by atoms with Crippen LogP contribution in [-0.2, 0) is 9.53 Å². The fraction of sp³-hybridized carbons (Fsp3) is 0.333. The minimum Gasteiger partial charge on any atom is -0.467 e. The third-order valence-corrected chi connectivity index (χ3v) is 2.76. The number of rotatable bonds is 3. The van der Waals surface area contributed by atoms with Crippen molar-refractivity contribution in [1.82, 2.24) is 4.98 Å². The zero-order valence-electron chi connectivity index (χ0n) is 8.55. The summed E-state index contributed by atoms with van der Waals surface area (Å²) in [5.41, 5.74) is 0. The summed E-state index contributed by atoms with van der Waals surface area (Å²) in [6, 6.07) is 0.873. The smallest absolute Gasteiger partial charge is 0.328 e. The molecular formula is C9H9Cl3N2O2. The van der Waals surface area contributed by atoms with Crippen molar-refractivity contribution in [2.24, 2.45) is 0 Å². The summed E-state index contributed by atoms with van der Waals surface area (Å²) >= 11 is 17.3. The van der Waals surface area contributed by atoms with Gasteiger partial charge in [-0.15, -0.1) is 0 Å². The van der Waals surface area contributed by atoms with E-state index in [1.807, 2.05) is 0 Å². The van der Waals surface area contributed by atoms with Crippen LogP contribution in [0.1, 0.15) is 6.92 Å². The van der Waals surface area contributed by atoms with Crippen LogP contribution >= 0.6 is 34.8 Å². The number of methoxy groups -OCH3 is 1. The summed E-state index contributed by atoms with van der Waals surface area (Å²) < 4.78 is 4.55. The molecule has 88 valence electrons. The molecule has 0 bridgehead atoms. The monoisotopic (exact) mass is 282 g/mol. The lowest BCUT2D eigenvalue weighted by atomic mass is 10.3. The van der Waals surface area contributed by atoms with Gasteiger partial charge in [-0.1, -0.05) is 34.8 Å². The summed E-state index contributed by atoms with van der Waals surface area (Å²) in [4.78, 5) is 15.1. The molecule has 4 nitrogen and oxygen atoms in total. The van der Waals surface area contributed by atoms with Gasteiger partial charge in [0.1, 0.15) is 17.0 Å². The minimum atomic E-state index is -0.577. The predicted molar refractivity (Wildman–Crippen MR) is 64.4 cm³/mol. The van der Waals surface area contributed by atoms with E-state index in [0.717, 1.165) is 0 Å². The zero-order valence-corrected chi connectivity index (χ0v) is 10.8. The second-order valence-electron chi connectivity index (χ2n) is 2.98. The van der Waals surface area contributed by atoms with Crippen molar-refractivity contribution >= 4 is 46.6 Å². The third-order valence-electron chi connectivity index (χ3n) is 1.79. The first-order chi connectivity index (χ1) is 7.45. The van der Waals surface area contributed by atoms with Gasteiger partial charge in [0.2, 0.25) is 0 Å². The molecule has 0 aromatic carbocycles. The topological polar surface area (TPSA) is 51.2 Å². The molecule has 0 aliphatic heterocycles. The Kier molecular flexibility index (Phi) is 4.65. The van der Waals surface area contributed by atoms with Gasteiger partial charge in [-0.05, 0) is 13.0 Å². The second-order valence-corrected chi connectivity index (χ2v) is 4.15. The number of nitrogens with one attached hydrogen (secondary N) is 1. The van der Waals surface area contributed by atoms with Crippen molar-refractivity contribution < 1.29 is 9.53 Å². The molecule has 1 N–H and O–H groups in total. The maximum absolute atomic E-state index is 11.2. The molecule has 7 heteroatoms. The SMILES string of the molecule is COC(=O)C(C)Nc1nc(Cl)c(Cl)cc1Cl. The number of pyridine rings is 1. The van der Waals surface area contributed by atoms with E-state index in [9.17, 15) is 4.79 Å². The summed E-state index contributed by atoms with van der Waals surface area (Å²) in [6.07, 6.45) is 0. The Morgan fingerprint density at radius 1 is 1.44 bits per heavy atom. The lowest BCUT2D eigenvalue weighted by molar-refractivity contribution is -0.141. The minimum absolute atomic E-state index is 0.116. The van der Waals surface area contributed by atoms with Crippen LogP contribution < -0.4 is 5.32 Å². The number of anilines is 1. The number of halogens is 3. The molecule has 1 aromatic heterocycles. The Morgan fingerprint density at radius 2 is 2.06 bits per heavy atom. The number of ether oxygens (including phenoxy) is 1. The maximum atomic E-state index is 11.2. The molecule has 0 amide bonds. The maximum Gasteiger partial charge on any atom is 0.328 e. The molecule has 0 fully saturated rings. The average Bonchev–Trinajstić information content (AvgIpc) is 2.24. The highest BCUT2D eigenvalue weighted by Crippen LogP contribution is 2.29. The van der Waals surface area contributed by atoms with E-state index in [4.69, 9.17) is 34.8 Å². The van der Waals surface area contributed by atoms with Crippen molar-refractivity contribution in [2.75, 3.05) is 12.4 Å². The fourth-order valence-corrected chi connectivity index (χ4v) is 1.54. The van der Waals surface area contributed by atoms with E-state index in [1.54, 1.807) is 6.92 Å². The highest BCUT2D eigenvalue weighted by molar-refractivity contribution is 6.42. The van der Waals surface area contributed by atoms with Crippen molar-refractivity contribution in [1.29, 1.82) is 0 Å². The van der Waals surface area contributed by atoms with Crippen molar-refractivity contribution in [3.63, 3.8) is 0 Å². The molecule has 1 rings (SSSR count). The molecule has 0 aliphatic carbocycles. The average molecular weight is 284 g/mol. The van der Waals surface area contributed by atoms with Crippen molar-refractivity contribution in [3.8, 4) is 0 Å². The van der Waals surface area contributed by atoms with Crippen molar-refractivity contribution in [3.05, 3.63) is 21.3 Å². The van der Waals surface area contributed by atoms with E-state index in [-0.39, 0.29) is 21.0 Å². The van der Waals surface area contributed by atoms with Gasteiger partial charge in [0.25, 0.3) is 0 Å².